The van der Waals surface area contributed by atoms with E-state index in [-0.39, 0.29) is 12.4 Å². The Bertz CT molecular complexity index is 278. The lowest BCUT2D eigenvalue weighted by Crippen LogP contribution is -2.18. The molecule has 0 atom stereocenters. The molecule has 72 valence electrons. The van der Waals surface area contributed by atoms with Gasteiger partial charge in [-0.3, -0.25) is 4.79 Å². The molecule has 1 rings (SSSR count). The highest BCUT2D eigenvalue weighted by atomic mass is 16.4. The number of nitrogens with two attached hydrogens (primary N) is 2. The first kappa shape index (κ1) is 11.2. The van der Waals surface area contributed by atoms with Crippen LogP contribution in [0.3, 0.4) is 0 Å². The van der Waals surface area contributed by atoms with Crippen molar-refractivity contribution in [2.45, 2.75) is 6.61 Å². The Kier molecular flexibility index (Phi) is 4.97. The molecule has 0 fully saturated rings. The van der Waals surface area contributed by atoms with Gasteiger partial charge in [0.1, 0.15) is 12.4 Å². The van der Waals surface area contributed by atoms with Crippen LogP contribution in [0.1, 0.15) is 16.3 Å². The van der Waals surface area contributed by atoms with Crippen LogP contribution in [0.5, 0.6) is 0 Å². The molecular formula is C7H10N2O4. The minimum Gasteiger partial charge on any atom is -0.456 e. The summed E-state index contributed by atoms with van der Waals surface area (Å²) in [4.78, 5) is 19.0. The number of hydrogen-bond donors (Lipinski definition) is 3. The van der Waals surface area contributed by atoms with Gasteiger partial charge in [0.05, 0.1) is 0 Å². The second kappa shape index (κ2) is 5.78. The van der Waals surface area contributed by atoms with Crippen LogP contribution >= 0.6 is 0 Å². The molecular weight excluding hydrogens is 176 g/mol. The molecule has 6 nitrogen and oxygen atoms in total. The maximum atomic E-state index is 9.96. The van der Waals surface area contributed by atoms with Crippen LogP contribution in [-0.2, 0) is 6.61 Å². The molecule has 1 aromatic rings. The Hall–Kier alpha value is -1.82. The van der Waals surface area contributed by atoms with Crippen molar-refractivity contribution >= 4 is 12.3 Å². The number of primary amides is 2. The Morgan fingerprint density at radius 3 is 2.31 bits per heavy atom. The lowest BCUT2D eigenvalue weighted by atomic mass is 10.4. The first-order chi connectivity index (χ1) is 6.10. The van der Waals surface area contributed by atoms with E-state index in [1.165, 1.54) is 6.07 Å². The molecule has 0 saturated carbocycles. The number of carbonyl (C=O) groups excluding carboxylic acids is 2. The second-order valence-electron chi connectivity index (χ2n) is 1.98. The van der Waals surface area contributed by atoms with Gasteiger partial charge in [0.2, 0.25) is 0 Å². The van der Waals surface area contributed by atoms with Crippen LogP contribution in [0, 0.1) is 0 Å². The molecule has 0 saturated heterocycles. The predicted molar refractivity (Wildman–Crippen MR) is 43.8 cm³/mol. The highest BCUT2D eigenvalue weighted by Crippen LogP contribution is 2.03. The number of hydrogen-bond acceptors (Lipinski definition) is 4. The smallest absolute Gasteiger partial charge is 0.309 e. The van der Waals surface area contributed by atoms with Crippen molar-refractivity contribution in [1.29, 1.82) is 0 Å². The SMILES string of the molecule is NC(N)=O.O=Cc1ccc(CO)o1. The molecule has 1 heterocycles. The number of aldehydes is 1. The van der Waals surface area contributed by atoms with Gasteiger partial charge in [0, 0.05) is 0 Å². The van der Waals surface area contributed by atoms with E-state index in [4.69, 9.17) is 14.3 Å². The van der Waals surface area contributed by atoms with Crippen LogP contribution in [0.2, 0.25) is 0 Å². The van der Waals surface area contributed by atoms with Crippen LogP contribution in [-0.4, -0.2) is 17.4 Å². The van der Waals surface area contributed by atoms with Gasteiger partial charge in [0.25, 0.3) is 0 Å². The van der Waals surface area contributed by atoms with Crippen molar-refractivity contribution in [1.82, 2.24) is 0 Å². The largest absolute Gasteiger partial charge is 0.456 e. The molecule has 0 aliphatic rings. The van der Waals surface area contributed by atoms with Crippen LogP contribution in [0.4, 0.5) is 4.79 Å². The Balaban J connectivity index is 0.000000310. The van der Waals surface area contributed by atoms with E-state index < -0.39 is 6.03 Å². The molecule has 0 aromatic carbocycles. The van der Waals surface area contributed by atoms with Crippen LogP contribution < -0.4 is 11.5 Å². The van der Waals surface area contributed by atoms with Crippen molar-refractivity contribution in [2.24, 2.45) is 11.5 Å². The van der Waals surface area contributed by atoms with Crippen molar-refractivity contribution in [3.05, 3.63) is 23.7 Å². The minimum atomic E-state index is -0.833. The third-order valence-electron chi connectivity index (χ3n) is 0.954. The zero-order valence-electron chi connectivity index (χ0n) is 6.77. The maximum absolute atomic E-state index is 9.96. The fourth-order valence-corrected chi connectivity index (χ4v) is 0.543. The highest BCUT2D eigenvalue weighted by molar-refractivity contribution is 5.70. The molecule has 6 heteroatoms. The van der Waals surface area contributed by atoms with Crippen molar-refractivity contribution < 1.29 is 19.1 Å². The molecule has 2 amide bonds. The number of aliphatic hydroxyl groups is 1. The van der Waals surface area contributed by atoms with Crippen LogP contribution in [0.25, 0.3) is 0 Å². The number of aliphatic hydroxyl groups excluding tert-OH is 1. The number of amides is 2. The van der Waals surface area contributed by atoms with Crippen molar-refractivity contribution in [3.63, 3.8) is 0 Å². The average Bonchev–Trinajstić information content (AvgIpc) is 2.50. The highest BCUT2D eigenvalue weighted by Gasteiger charge is 1.96. The van der Waals surface area contributed by atoms with Gasteiger partial charge < -0.3 is 21.0 Å². The molecule has 0 unspecified atom stereocenters. The first-order valence-electron chi connectivity index (χ1n) is 3.29. The van der Waals surface area contributed by atoms with Gasteiger partial charge in [-0.25, -0.2) is 4.79 Å². The quantitative estimate of drug-likeness (QED) is 0.544. The minimum absolute atomic E-state index is 0.159. The Morgan fingerprint density at radius 2 is 2.08 bits per heavy atom. The third kappa shape index (κ3) is 5.45. The van der Waals surface area contributed by atoms with Gasteiger partial charge in [-0.1, -0.05) is 0 Å². The van der Waals surface area contributed by atoms with Gasteiger partial charge in [0.15, 0.2) is 12.0 Å². The van der Waals surface area contributed by atoms with Crippen molar-refractivity contribution in [3.8, 4) is 0 Å². The molecule has 0 aliphatic heterocycles. The Labute approximate surface area is 74.1 Å². The summed E-state index contributed by atoms with van der Waals surface area (Å²) < 4.78 is 4.76. The molecule has 13 heavy (non-hydrogen) atoms. The zero-order valence-corrected chi connectivity index (χ0v) is 6.77. The fraction of sp³-hybridized carbons (Fsp3) is 0.143. The number of carbonyl (C=O) groups is 2. The van der Waals surface area contributed by atoms with E-state index in [9.17, 15) is 4.79 Å². The van der Waals surface area contributed by atoms with Crippen molar-refractivity contribution in [2.75, 3.05) is 0 Å². The zero-order chi connectivity index (χ0) is 10.3. The topological polar surface area (TPSA) is 120 Å². The van der Waals surface area contributed by atoms with E-state index in [1.807, 2.05) is 0 Å². The predicted octanol–water partition coefficient (Wildman–Crippen LogP) is -0.392. The van der Waals surface area contributed by atoms with Gasteiger partial charge in [-0.2, -0.15) is 0 Å². The summed E-state index contributed by atoms with van der Waals surface area (Å²) in [5, 5.41) is 8.44. The summed E-state index contributed by atoms with van der Waals surface area (Å²) >= 11 is 0. The van der Waals surface area contributed by atoms with Gasteiger partial charge >= 0.3 is 6.03 Å². The summed E-state index contributed by atoms with van der Waals surface area (Å²) in [5.41, 5.74) is 8.50. The molecule has 0 aliphatic carbocycles. The number of rotatable bonds is 2. The average molecular weight is 186 g/mol. The van der Waals surface area contributed by atoms with E-state index in [2.05, 4.69) is 11.5 Å². The van der Waals surface area contributed by atoms with E-state index >= 15 is 0 Å². The van der Waals surface area contributed by atoms with Gasteiger partial charge in [-0.05, 0) is 12.1 Å². The second-order valence-corrected chi connectivity index (χ2v) is 1.98. The number of furan rings is 1. The summed E-state index contributed by atoms with van der Waals surface area (Å²) in [5.74, 6) is 0.663. The third-order valence-corrected chi connectivity index (χ3v) is 0.954. The Morgan fingerprint density at radius 1 is 1.54 bits per heavy atom. The molecule has 0 bridgehead atoms. The van der Waals surface area contributed by atoms with E-state index in [1.54, 1.807) is 6.07 Å². The number of urea groups is 1. The van der Waals surface area contributed by atoms with Gasteiger partial charge in [-0.15, -0.1) is 0 Å². The molecule has 1 aromatic heterocycles. The fourth-order valence-electron chi connectivity index (χ4n) is 0.543. The van der Waals surface area contributed by atoms with Crippen LogP contribution in [0.15, 0.2) is 16.5 Å². The molecule has 0 spiro atoms. The molecule has 0 radical (unpaired) electrons. The maximum Gasteiger partial charge on any atom is 0.309 e. The summed E-state index contributed by atoms with van der Waals surface area (Å²) in [6.45, 7) is -0.159. The monoisotopic (exact) mass is 186 g/mol. The lowest BCUT2D eigenvalue weighted by Gasteiger charge is -1.82. The first-order valence-corrected chi connectivity index (χ1v) is 3.29. The van der Waals surface area contributed by atoms with E-state index in [0.717, 1.165) is 0 Å². The summed E-state index contributed by atoms with van der Waals surface area (Å²) in [6, 6.07) is 2.24. The summed E-state index contributed by atoms with van der Waals surface area (Å²) in [7, 11) is 0. The normalized spacial score (nSPS) is 8.38. The summed E-state index contributed by atoms with van der Waals surface area (Å²) in [6.07, 6.45) is 0.596. The lowest BCUT2D eigenvalue weighted by molar-refractivity contribution is 0.109. The van der Waals surface area contributed by atoms with E-state index in [0.29, 0.717) is 12.0 Å². The standard InChI is InChI=1S/C6H6O3.CH4N2O/c7-3-5-1-2-6(4-8)9-5;2-1(3)4/h1-3,8H,4H2;(H4,2,3,4). The molecule has 5 N–H and O–H groups in total.